The highest BCUT2D eigenvalue weighted by Crippen LogP contribution is 2.38. The molecule has 330 valence electrons. The van der Waals surface area contributed by atoms with Gasteiger partial charge in [-0.15, -0.1) is 0 Å². The van der Waals surface area contributed by atoms with E-state index in [1.807, 2.05) is 48.5 Å². The van der Waals surface area contributed by atoms with Crippen molar-refractivity contribution in [2.24, 2.45) is 0 Å². The number of aliphatic hydroxyl groups excluding tert-OH is 1. The van der Waals surface area contributed by atoms with Gasteiger partial charge in [-0.3, -0.25) is 14.5 Å². The van der Waals surface area contributed by atoms with Crippen LogP contribution in [0.2, 0.25) is 5.02 Å². The van der Waals surface area contributed by atoms with Crippen LogP contribution in [0.5, 0.6) is 11.5 Å². The summed E-state index contributed by atoms with van der Waals surface area (Å²) in [6, 6.07) is 25.6. The largest absolute Gasteiger partial charge is 0.506 e. The number of aliphatic hydroxyl groups is 1. The molecule has 5 aromatic rings. The second-order valence-corrected chi connectivity index (χ2v) is 16.8. The summed E-state index contributed by atoms with van der Waals surface area (Å²) in [5, 5.41) is 38.9. The molecule has 6 rings (SSSR count). The number of carboxylic acid groups (broad SMARTS) is 1. The zero-order chi connectivity index (χ0) is 44.2. The van der Waals surface area contributed by atoms with Gasteiger partial charge in [0.25, 0.3) is 0 Å². The number of unbranched alkanes of at least 4 members (excludes halogenated alkanes) is 3. The van der Waals surface area contributed by atoms with Crippen molar-refractivity contribution in [3.63, 3.8) is 0 Å². The van der Waals surface area contributed by atoms with E-state index in [1.165, 1.54) is 44.9 Å². The Bertz CT molecular complexity index is 2350. The fourth-order valence-electron chi connectivity index (χ4n) is 8.66. The van der Waals surface area contributed by atoms with E-state index in [1.54, 1.807) is 29.2 Å². The molecule has 13 heteroatoms. The number of phenols is 1. The number of halogens is 1. The highest BCUT2D eigenvalue weighted by Gasteiger charge is 2.33. The van der Waals surface area contributed by atoms with E-state index in [0.29, 0.717) is 64.1 Å². The Balaban J connectivity index is 1.06. The van der Waals surface area contributed by atoms with Gasteiger partial charge in [-0.2, -0.15) is 0 Å². The van der Waals surface area contributed by atoms with Crippen LogP contribution in [0.3, 0.4) is 0 Å². The summed E-state index contributed by atoms with van der Waals surface area (Å²) in [7, 11) is 3.73. The lowest BCUT2D eigenvalue weighted by Crippen LogP contribution is -2.45. The third kappa shape index (κ3) is 11.7. The Hall–Kier alpha value is -5.40. The van der Waals surface area contributed by atoms with Gasteiger partial charge >= 0.3 is 6.09 Å². The van der Waals surface area contributed by atoms with Crippen molar-refractivity contribution in [3.8, 4) is 22.6 Å². The molecule has 1 saturated carbocycles. The van der Waals surface area contributed by atoms with Gasteiger partial charge in [0.2, 0.25) is 11.5 Å². The first-order valence-electron chi connectivity index (χ1n) is 21.8. The van der Waals surface area contributed by atoms with Gasteiger partial charge < -0.3 is 40.6 Å². The number of aryl methyl sites for hydroxylation is 1. The van der Waals surface area contributed by atoms with Gasteiger partial charge in [0.1, 0.15) is 11.5 Å². The maximum atomic E-state index is 13.3. The van der Waals surface area contributed by atoms with Crippen LogP contribution < -0.4 is 25.8 Å². The van der Waals surface area contributed by atoms with Crippen molar-refractivity contribution < 1.29 is 29.6 Å². The van der Waals surface area contributed by atoms with Gasteiger partial charge in [-0.25, -0.2) is 4.79 Å². The zero-order valence-electron chi connectivity index (χ0n) is 36.0. The van der Waals surface area contributed by atoms with Crippen LogP contribution in [0.1, 0.15) is 93.9 Å². The first kappa shape index (κ1) is 46.1. The summed E-state index contributed by atoms with van der Waals surface area (Å²) in [4.78, 5) is 44.8. The zero-order valence-corrected chi connectivity index (χ0v) is 36.7. The summed E-state index contributed by atoms with van der Waals surface area (Å²) in [5.74, 6) is 0.196. The molecule has 1 aromatic heterocycles. The number of hydrogen-bond donors (Lipinski definition) is 6. The first-order chi connectivity index (χ1) is 30.0. The Morgan fingerprint density at radius 2 is 1.69 bits per heavy atom. The second-order valence-electron chi connectivity index (χ2n) is 16.4. The standard InChI is InChI=1S/C49H60ClN5O7/c1-4-5-6-10-26-54(2)35-17-19-36(20-18-35)55(49(60)61)42-27-32(16-21-37(42)33-13-8-7-9-14-33)12-11-15-46(58)52-41-29-45(62-3)34(28-40(41)50)30-51-31-44(57)38-22-24-43(56)48-39(38)23-25-47(59)53-48/h7-9,13-14,16,21-25,27-29,35-36,44,51,56-57H,4-6,10-12,15,17-20,26,30-31H2,1-3H3,(H,52,58)(H,53,59)(H,60,61)/t35-,36-,44-/m0/s1. The number of fused-ring (bicyclic) bond motifs is 1. The highest BCUT2D eigenvalue weighted by molar-refractivity contribution is 6.33. The number of methoxy groups -OCH3 is 1. The van der Waals surface area contributed by atoms with Crippen molar-refractivity contribution in [1.29, 1.82) is 0 Å². The molecule has 0 spiro atoms. The van der Waals surface area contributed by atoms with Gasteiger partial charge in [0.15, 0.2) is 0 Å². The number of rotatable bonds is 20. The lowest BCUT2D eigenvalue weighted by atomic mass is 9.88. The molecule has 1 heterocycles. The average Bonchev–Trinajstić information content (AvgIpc) is 3.26. The Kier molecular flexibility index (Phi) is 16.4. The first-order valence-corrected chi connectivity index (χ1v) is 22.2. The molecule has 6 N–H and O–H groups in total. The van der Waals surface area contributed by atoms with Crippen LogP contribution in [0, 0.1) is 0 Å². The number of carbonyl (C=O) groups is 2. The number of aromatic amines is 1. The monoisotopic (exact) mass is 865 g/mol. The van der Waals surface area contributed by atoms with Crippen LogP contribution in [-0.4, -0.2) is 76.5 Å². The molecule has 0 saturated heterocycles. The lowest BCUT2D eigenvalue weighted by Gasteiger charge is -2.39. The Labute approximate surface area is 368 Å². The molecular formula is C49H60ClN5O7. The molecule has 1 aliphatic rings. The predicted octanol–water partition coefficient (Wildman–Crippen LogP) is 9.65. The molecule has 1 aliphatic carbocycles. The molecule has 12 nitrogen and oxygen atoms in total. The average molecular weight is 867 g/mol. The number of amides is 2. The number of nitrogens with one attached hydrogen (secondary N) is 3. The van der Waals surface area contributed by atoms with Crippen LogP contribution in [-0.2, 0) is 17.8 Å². The normalized spacial score (nSPS) is 15.7. The van der Waals surface area contributed by atoms with E-state index in [-0.39, 0.29) is 41.7 Å². The van der Waals surface area contributed by atoms with Crippen molar-refractivity contribution in [2.45, 2.75) is 102 Å². The van der Waals surface area contributed by atoms with Gasteiger partial charge in [0.05, 0.1) is 35.1 Å². The number of pyridine rings is 1. The van der Waals surface area contributed by atoms with Crippen molar-refractivity contribution in [2.75, 3.05) is 37.5 Å². The number of nitrogens with zero attached hydrogens (tertiary/aromatic N) is 2. The van der Waals surface area contributed by atoms with Crippen LogP contribution in [0.25, 0.3) is 22.0 Å². The number of ether oxygens (including phenoxy) is 1. The summed E-state index contributed by atoms with van der Waals surface area (Å²) in [5.41, 5.74) is 5.02. The summed E-state index contributed by atoms with van der Waals surface area (Å²) in [6.45, 7) is 3.75. The summed E-state index contributed by atoms with van der Waals surface area (Å²) in [6.07, 6.45) is 7.84. The molecule has 0 bridgehead atoms. The van der Waals surface area contributed by atoms with Gasteiger partial charge in [-0.1, -0.05) is 86.3 Å². The number of aromatic hydroxyl groups is 1. The number of H-pyrrole nitrogens is 1. The fourth-order valence-corrected chi connectivity index (χ4v) is 8.90. The quantitative estimate of drug-likeness (QED) is 0.0418. The number of anilines is 2. The molecule has 1 fully saturated rings. The molecule has 0 unspecified atom stereocenters. The third-order valence-corrected chi connectivity index (χ3v) is 12.4. The van der Waals surface area contributed by atoms with Gasteiger partial charge in [-0.05, 0) is 99.5 Å². The Morgan fingerprint density at radius 3 is 2.42 bits per heavy atom. The molecule has 62 heavy (non-hydrogen) atoms. The van der Waals surface area contributed by atoms with E-state index < -0.39 is 12.2 Å². The van der Waals surface area contributed by atoms with E-state index in [2.05, 4.69) is 34.5 Å². The van der Waals surface area contributed by atoms with E-state index >= 15 is 0 Å². The van der Waals surface area contributed by atoms with E-state index in [4.69, 9.17) is 16.3 Å². The van der Waals surface area contributed by atoms with Crippen LogP contribution >= 0.6 is 11.6 Å². The van der Waals surface area contributed by atoms with Crippen LogP contribution in [0.4, 0.5) is 16.2 Å². The SMILES string of the molecule is CCCCCCN(C)[C@H]1CC[C@H](N(C(=O)O)c2cc(CCCC(=O)Nc3cc(OC)c(CNC[C@H](O)c4ccc(O)c5[nH]c(=O)ccc45)cc3Cl)ccc2-c2ccccc2)CC1. The number of phenolic OH excluding ortho intramolecular Hbond substituents is 1. The van der Waals surface area contributed by atoms with Gasteiger partial charge in [0, 0.05) is 60.2 Å². The fraction of sp³-hybridized carbons (Fsp3) is 0.408. The van der Waals surface area contributed by atoms with Crippen molar-refractivity contribution in [3.05, 3.63) is 117 Å². The lowest BCUT2D eigenvalue weighted by molar-refractivity contribution is -0.116. The summed E-state index contributed by atoms with van der Waals surface area (Å²) >= 11 is 6.66. The van der Waals surface area contributed by atoms with Crippen LogP contribution in [0.15, 0.2) is 89.7 Å². The highest BCUT2D eigenvalue weighted by atomic mass is 35.5. The number of aromatic nitrogens is 1. The maximum absolute atomic E-state index is 13.3. The predicted molar refractivity (Wildman–Crippen MR) is 248 cm³/mol. The van der Waals surface area contributed by atoms with Crippen molar-refractivity contribution in [1.82, 2.24) is 15.2 Å². The molecule has 0 radical (unpaired) electrons. The number of hydrogen-bond acceptors (Lipinski definition) is 8. The minimum atomic E-state index is -0.954. The number of benzene rings is 4. The third-order valence-electron chi connectivity index (χ3n) is 12.1. The number of carbonyl (C=O) groups excluding carboxylic acids is 1. The molecule has 0 aliphatic heterocycles. The molecule has 2 amide bonds. The molecular weight excluding hydrogens is 806 g/mol. The topological polar surface area (TPSA) is 167 Å². The minimum absolute atomic E-state index is 0.0836. The second kappa shape index (κ2) is 22.1. The van der Waals surface area contributed by atoms with E-state index in [0.717, 1.165) is 48.9 Å². The van der Waals surface area contributed by atoms with E-state index in [9.17, 15) is 29.7 Å². The molecule has 4 aromatic carbocycles. The minimum Gasteiger partial charge on any atom is -0.506 e. The summed E-state index contributed by atoms with van der Waals surface area (Å²) < 4.78 is 5.63. The smallest absolute Gasteiger partial charge is 0.412 e. The molecule has 1 atom stereocenters. The Morgan fingerprint density at radius 1 is 0.935 bits per heavy atom. The maximum Gasteiger partial charge on any atom is 0.412 e. The van der Waals surface area contributed by atoms with Crippen molar-refractivity contribution >= 4 is 45.9 Å².